The van der Waals surface area contributed by atoms with Crippen LogP contribution in [0.15, 0.2) is 48.5 Å². The number of anilines is 2. The van der Waals surface area contributed by atoms with Crippen molar-refractivity contribution in [3.63, 3.8) is 0 Å². The Hall–Kier alpha value is -1.96. The molecular weight excluding hydrogens is 318 g/mol. The first-order valence-electron chi connectivity index (χ1n) is 10.4. The van der Waals surface area contributed by atoms with Crippen LogP contribution in [0.5, 0.6) is 5.75 Å². The summed E-state index contributed by atoms with van der Waals surface area (Å²) in [5.41, 5.74) is 3.51. The van der Waals surface area contributed by atoms with Crippen LogP contribution in [-0.4, -0.2) is 5.11 Å². The van der Waals surface area contributed by atoms with Crippen molar-refractivity contribution in [1.29, 1.82) is 0 Å². The van der Waals surface area contributed by atoms with Crippen molar-refractivity contribution >= 4 is 11.4 Å². The zero-order valence-corrected chi connectivity index (χ0v) is 16.3. The van der Waals surface area contributed by atoms with E-state index in [-0.39, 0.29) is 0 Å². The molecule has 142 valence electrons. The fraction of sp³-hybridized carbons (Fsp3) is 0.500. The van der Waals surface area contributed by atoms with E-state index in [9.17, 15) is 5.11 Å². The molecule has 26 heavy (non-hydrogen) atoms. The summed E-state index contributed by atoms with van der Waals surface area (Å²) in [7, 11) is 0. The Morgan fingerprint density at radius 2 is 1.31 bits per heavy atom. The van der Waals surface area contributed by atoms with E-state index < -0.39 is 0 Å². The van der Waals surface area contributed by atoms with Crippen LogP contribution in [0.4, 0.5) is 11.4 Å². The second-order valence-corrected chi connectivity index (χ2v) is 7.30. The van der Waals surface area contributed by atoms with Crippen LogP contribution in [0.3, 0.4) is 0 Å². The summed E-state index contributed by atoms with van der Waals surface area (Å²) in [6.07, 6.45) is 15.0. The smallest absolute Gasteiger partial charge is 0.115 e. The summed E-state index contributed by atoms with van der Waals surface area (Å²) in [5.74, 6) is 0.297. The monoisotopic (exact) mass is 353 g/mol. The fourth-order valence-corrected chi connectivity index (χ4v) is 3.33. The molecule has 0 unspecified atom stereocenters. The Morgan fingerprint density at radius 1 is 0.692 bits per heavy atom. The number of unbranched alkanes of at least 4 members (excludes halogenated alkanes) is 9. The number of phenolic OH excluding ortho intramolecular Hbond substituents is 1. The van der Waals surface area contributed by atoms with Crippen molar-refractivity contribution in [3.05, 3.63) is 54.1 Å². The standard InChI is InChI=1S/C24H35NO/c1-2-3-4-5-6-7-8-9-10-11-13-21-14-12-15-23(20-21)25-22-16-18-24(26)19-17-22/h12,14-20,25-26H,2-11,13H2,1H3. The number of aromatic hydroxyl groups is 1. The zero-order chi connectivity index (χ0) is 18.5. The minimum atomic E-state index is 0.297. The third-order valence-electron chi connectivity index (χ3n) is 4.90. The lowest BCUT2D eigenvalue weighted by Crippen LogP contribution is -1.92. The highest BCUT2D eigenvalue weighted by Crippen LogP contribution is 2.21. The van der Waals surface area contributed by atoms with Crippen molar-refractivity contribution in [2.24, 2.45) is 0 Å². The average molecular weight is 354 g/mol. The van der Waals surface area contributed by atoms with Crippen LogP contribution < -0.4 is 5.32 Å². The number of benzene rings is 2. The van der Waals surface area contributed by atoms with Crippen molar-refractivity contribution < 1.29 is 5.11 Å². The van der Waals surface area contributed by atoms with Gasteiger partial charge in [0, 0.05) is 11.4 Å². The lowest BCUT2D eigenvalue weighted by molar-refractivity contribution is 0.475. The summed E-state index contributed by atoms with van der Waals surface area (Å²) in [6.45, 7) is 2.28. The normalized spacial score (nSPS) is 10.8. The zero-order valence-electron chi connectivity index (χ0n) is 16.3. The van der Waals surface area contributed by atoms with Gasteiger partial charge in [-0.15, -0.1) is 0 Å². The molecule has 2 N–H and O–H groups in total. The van der Waals surface area contributed by atoms with Crippen LogP contribution in [-0.2, 0) is 6.42 Å². The van der Waals surface area contributed by atoms with Gasteiger partial charge in [0.15, 0.2) is 0 Å². The quantitative estimate of drug-likeness (QED) is 0.287. The van der Waals surface area contributed by atoms with Gasteiger partial charge in [-0.05, 0) is 54.8 Å². The van der Waals surface area contributed by atoms with Gasteiger partial charge in [-0.2, -0.15) is 0 Å². The van der Waals surface area contributed by atoms with E-state index >= 15 is 0 Å². The molecule has 0 fully saturated rings. The molecule has 0 aliphatic carbocycles. The van der Waals surface area contributed by atoms with Gasteiger partial charge in [-0.3, -0.25) is 0 Å². The Balaban J connectivity index is 1.60. The minimum absolute atomic E-state index is 0.297. The molecule has 0 aliphatic heterocycles. The van der Waals surface area contributed by atoms with E-state index in [1.165, 1.54) is 69.8 Å². The Kier molecular flexibility index (Phi) is 9.71. The number of hydrogen-bond acceptors (Lipinski definition) is 2. The summed E-state index contributed by atoms with van der Waals surface area (Å²) < 4.78 is 0. The van der Waals surface area contributed by atoms with Gasteiger partial charge in [0.1, 0.15) is 5.75 Å². The highest BCUT2D eigenvalue weighted by atomic mass is 16.3. The van der Waals surface area contributed by atoms with Gasteiger partial charge in [-0.1, -0.05) is 76.8 Å². The lowest BCUT2D eigenvalue weighted by Gasteiger charge is -2.09. The van der Waals surface area contributed by atoms with Gasteiger partial charge in [0.2, 0.25) is 0 Å². The molecule has 2 rings (SSSR count). The predicted octanol–water partition coefficient (Wildman–Crippen LogP) is 7.60. The highest BCUT2D eigenvalue weighted by Gasteiger charge is 1.99. The Morgan fingerprint density at radius 3 is 1.96 bits per heavy atom. The average Bonchev–Trinajstić information content (AvgIpc) is 2.65. The molecule has 0 spiro atoms. The summed E-state index contributed by atoms with van der Waals surface area (Å²) in [6, 6.07) is 15.9. The number of hydrogen-bond donors (Lipinski definition) is 2. The highest BCUT2D eigenvalue weighted by molar-refractivity contribution is 5.60. The van der Waals surface area contributed by atoms with Gasteiger partial charge in [-0.25, -0.2) is 0 Å². The van der Waals surface area contributed by atoms with E-state index in [1.54, 1.807) is 12.1 Å². The van der Waals surface area contributed by atoms with Gasteiger partial charge >= 0.3 is 0 Å². The molecule has 0 heterocycles. The first kappa shape index (κ1) is 20.4. The third kappa shape index (κ3) is 8.42. The van der Waals surface area contributed by atoms with E-state index in [4.69, 9.17) is 0 Å². The predicted molar refractivity (Wildman–Crippen MR) is 113 cm³/mol. The summed E-state index contributed by atoms with van der Waals surface area (Å²) in [5, 5.41) is 12.8. The van der Waals surface area contributed by atoms with Crippen molar-refractivity contribution in [2.45, 2.75) is 77.6 Å². The topological polar surface area (TPSA) is 32.3 Å². The van der Waals surface area contributed by atoms with Crippen molar-refractivity contribution in [1.82, 2.24) is 0 Å². The molecule has 0 amide bonds. The number of phenols is 1. The van der Waals surface area contributed by atoms with E-state index in [1.807, 2.05) is 12.1 Å². The van der Waals surface area contributed by atoms with Gasteiger partial charge in [0.05, 0.1) is 0 Å². The SMILES string of the molecule is CCCCCCCCCCCCc1cccc(Nc2ccc(O)cc2)c1. The van der Waals surface area contributed by atoms with Gasteiger partial charge < -0.3 is 10.4 Å². The van der Waals surface area contributed by atoms with Gasteiger partial charge in [0.25, 0.3) is 0 Å². The maximum absolute atomic E-state index is 9.36. The number of nitrogens with one attached hydrogen (secondary N) is 1. The molecule has 0 aliphatic rings. The minimum Gasteiger partial charge on any atom is -0.508 e. The first-order chi connectivity index (χ1) is 12.8. The van der Waals surface area contributed by atoms with E-state index in [2.05, 4.69) is 36.5 Å². The van der Waals surface area contributed by atoms with E-state index in [0.717, 1.165) is 17.8 Å². The van der Waals surface area contributed by atoms with Crippen LogP contribution in [0.2, 0.25) is 0 Å². The Bertz CT molecular complexity index is 606. The molecule has 2 nitrogen and oxygen atoms in total. The number of aryl methyl sites for hydroxylation is 1. The lowest BCUT2D eigenvalue weighted by atomic mass is 10.0. The second-order valence-electron chi connectivity index (χ2n) is 7.30. The molecule has 2 aromatic rings. The first-order valence-corrected chi connectivity index (χ1v) is 10.4. The molecule has 0 radical (unpaired) electrons. The summed E-state index contributed by atoms with van der Waals surface area (Å²) in [4.78, 5) is 0. The third-order valence-corrected chi connectivity index (χ3v) is 4.90. The molecule has 2 aromatic carbocycles. The van der Waals surface area contributed by atoms with Crippen LogP contribution >= 0.6 is 0 Å². The molecular formula is C24H35NO. The van der Waals surface area contributed by atoms with Crippen LogP contribution in [0.1, 0.15) is 76.7 Å². The fourth-order valence-electron chi connectivity index (χ4n) is 3.33. The molecule has 0 aromatic heterocycles. The molecule has 2 heteroatoms. The van der Waals surface area contributed by atoms with Crippen LogP contribution in [0.25, 0.3) is 0 Å². The number of rotatable bonds is 13. The van der Waals surface area contributed by atoms with Crippen molar-refractivity contribution in [3.8, 4) is 5.75 Å². The maximum Gasteiger partial charge on any atom is 0.115 e. The molecule has 0 saturated carbocycles. The molecule has 0 saturated heterocycles. The molecule has 0 bridgehead atoms. The maximum atomic E-state index is 9.36. The summed E-state index contributed by atoms with van der Waals surface area (Å²) >= 11 is 0. The molecule has 0 atom stereocenters. The van der Waals surface area contributed by atoms with E-state index in [0.29, 0.717) is 5.75 Å². The Labute approximate surface area is 159 Å². The van der Waals surface area contributed by atoms with Crippen molar-refractivity contribution in [2.75, 3.05) is 5.32 Å². The van der Waals surface area contributed by atoms with Crippen LogP contribution in [0, 0.1) is 0 Å². The largest absolute Gasteiger partial charge is 0.508 e. The second kappa shape index (κ2) is 12.4.